The molecule has 0 spiro atoms. The first kappa shape index (κ1) is 15.6. The van der Waals surface area contributed by atoms with Gasteiger partial charge in [-0.3, -0.25) is 0 Å². The van der Waals surface area contributed by atoms with Crippen molar-refractivity contribution in [3.05, 3.63) is 84.9 Å². The van der Waals surface area contributed by atoms with Crippen molar-refractivity contribution in [3.8, 4) is 22.3 Å². The van der Waals surface area contributed by atoms with E-state index in [1.54, 1.807) is 0 Å². The van der Waals surface area contributed by atoms with Crippen LogP contribution in [0.2, 0.25) is 0 Å². The fourth-order valence-electron chi connectivity index (χ4n) is 2.12. The van der Waals surface area contributed by atoms with E-state index in [4.69, 9.17) is 0 Å². The van der Waals surface area contributed by atoms with Crippen LogP contribution in [0.4, 0.5) is 0 Å². The first-order chi connectivity index (χ1) is 8.93. The molecular formula is C18H20N2. The molecule has 0 aliphatic carbocycles. The molecule has 3 rings (SSSR count). The average molecular weight is 264 g/mol. The van der Waals surface area contributed by atoms with Gasteiger partial charge in [0, 0.05) is 0 Å². The minimum atomic E-state index is 0. The van der Waals surface area contributed by atoms with Gasteiger partial charge in [0.25, 0.3) is 0 Å². The summed E-state index contributed by atoms with van der Waals surface area (Å²) in [6.07, 6.45) is 0. The van der Waals surface area contributed by atoms with Gasteiger partial charge in [-0.2, -0.15) is 0 Å². The highest BCUT2D eigenvalue weighted by Crippen LogP contribution is 2.24. The number of hydrogen-bond acceptors (Lipinski definition) is 2. The molecule has 0 atom stereocenters. The predicted molar refractivity (Wildman–Crippen MR) is 87.4 cm³/mol. The van der Waals surface area contributed by atoms with E-state index in [2.05, 4.69) is 72.8 Å². The van der Waals surface area contributed by atoms with Crippen molar-refractivity contribution in [2.24, 2.45) is 0 Å². The molecule has 6 N–H and O–H groups in total. The maximum atomic E-state index is 2.18. The fraction of sp³-hybridized carbons (Fsp3) is 0. The highest BCUT2D eigenvalue weighted by molar-refractivity contribution is 5.70. The molecule has 0 bridgehead atoms. The van der Waals surface area contributed by atoms with Gasteiger partial charge in [-0.05, 0) is 22.3 Å². The van der Waals surface area contributed by atoms with Gasteiger partial charge >= 0.3 is 0 Å². The molecule has 0 saturated heterocycles. The monoisotopic (exact) mass is 264 g/mol. The maximum Gasteiger partial charge on any atom is -0.0184 e. The zero-order chi connectivity index (χ0) is 12.2. The second kappa shape index (κ2) is 7.24. The van der Waals surface area contributed by atoms with Gasteiger partial charge < -0.3 is 12.3 Å². The van der Waals surface area contributed by atoms with E-state index in [0.717, 1.165) is 0 Å². The quantitative estimate of drug-likeness (QED) is 0.655. The van der Waals surface area contributed by atoms with Gasteiger partial charge in [0.15, 0.2) is 0 Å². The van der Waals surface area contributed by atoms with Crippen LogP contribution in [0.1, 0.15) is 0 Å². The normalized spacial score (nSPS) is 9.20. The maximum absolute atomic E-state index is 2.18. The lowest BCUT2D eigenvalue weighted by atomic mass is 10.0. The smallest absolute Gasteiger partial charge is 0.0184 e. The topological polar surface area (TPSA) is 70.0 Å². The summed E-state index contributed by atoms with van der Waals surface area (Å²) in [6.45, 7) is 0. The van der Waals surface area contributed by atoms with Gasteiger partial charge in [0.1, 0.15) is 0 Å². The highest BCUT2D eigenvalue weighted by Gasteiger charge is 1.98. The van der Waals surface area contributed by atoms with E-state index in [0.29, 0.717) is 0 Å². The molecule has 0 unspecified atom stereocenters. The van der Waals surface area contributed by atoms with E-state index >= 15 is 0 Å². The second-order valence-corrected chi connectivity index (χ2v) is 4.31. The molecule has 102 valence electrons. The Morgan fingerprint density at radius 3 is 0.850 bits per heavy atom. The summed E-state index contributed by atoms with van der Waals surface area (Å²) in [5, 5.41) is 0. The molecule has 0 aliphatic rings. The molecule has 0 saturated carbocycles. The Morgan fingerprint density at radius 2 is 0.550 bits per heavy atom. The lowest BCUT2D eigenvalue weighted by molar-refractivity contribution is 1.59. The molecule has 0 fully saturated rings. The Kier molecular flexibility index (Phi) is 5.66. The minimum absolute atomic E-state index is 0. The van der Waals surface area contributed by atoms with E-state index in [9.17, 15) is 0 Å². The molecule has 2 nitrogen and oxygen atoms in total. The van der Waals surface area contributed by atoms with Crippen LogP contribution in [0.15, 0.2) is 84.9 Å². The Hall–Kier alpha value is -2.42. The first-order valence-electron chi connectivity index (χ1n) is 6.14. The average Bonchev–Trinajstić information content (AvgIpc) is 2.49. The van der Waals surface area contributed by atoms with Crippen LogP contribution in [0, 0.1) is 0 Å². The Balaban J connectivity index is 0.000001000. The SMILES string of the molecule is N.N.c1ccc(-c2ccc(-c3ccccc3)cc2)cc1. The molecule has 3 aromatic rings. The van der Waals surface area contributed by atoms with Crippen LogP contribution < -0.4 is 12.3 Å². The van der Waals surface area contributed by atoms with Crippen LogP contribution in [-0.2, 0) is 0 Å². The molecule has 0 aliphatic heterocycles. The third kappa shape index (κ3) is 3.32. The van der Waals surface area contributed by atoms with Crippen LogP contribution in [0.3, 0.4) is 0 Å². The Bertz CT molecular complexity index is 558. The van der Waals surface area contributed by atoms with Gasteiger partial charge in [0.2, 0.25) is 0 Å². The summed E-state index contributed by atoms with van der Waals surface area (Å²) < 4.78 is 0. The fourth-order valence-corrected chi connectivity index (χ4v) is 2.12. The van der Waals surface area contributed by atoms with E-state index in [1.165, 1.54) is 22.3 Å². The first-order valence-corrected chi connectivity index (χ1v) is 6.14. The molecule has 20 heavy (non-hydrogen) atoms. The van der Waals surface area contributed by atoms with Gasteiger partial charge in [-0.15, -0.1) is 0 Å². The summed E-state index contributed by atoms with van der Waals surface area (Å²) >= 11 is 0. The molecule has 0 aromatic heterocycles. The zero-order valence-corrected chi connectivity index (χ0v) is 11.5. The second-order valence-electron chi connectivity index (χ2n) is 4.31. The molecular weight excluding hydrogens is 244 g/mol. The van der Waals surface area contributed by atoms with Crippen molar-refractivity contribution in [1.29, 1.82) is 0 Å². The van der Waals surface area contributed by atoms with E-state index in [-0.39, 0.29) is 12.3 Å². The third-order valence-electron chi connectivity index (χ3n) is 3.10. The lowest BCUT2D eigenvalue weighted by Gasteiger charge is -2.04. The Labute approximate surface area is 120 Å². The summed E-state index contributed by atoms with van der Waals surface area (Å²) in [5.74, 6) is 0. The van der Waals surface area contributed by atoms with Crippen molar-refractivity contribution >= 4 is 0 Å². The van der Waals surface area contributed by atoms with E-state index in [1.807, 2.05) is 12.1 Å². The van der Waals surface area contributed by atoms with E-state index < -0.39 is 0 Å². The minimum Gasteiger partial charge on any atom is -0.344 e. The molecule has 0 amide bonds. The van der Waals surface area contributed by atoms with Crippen LogP contribution >= 0.6 is 0 Å². The zero-order valence-electron chi connectivity index (χ0n) is 11.5. The summed E-state index contributed by atoms with van der Waals surface area (Å²) in [6, 6.07) is 29.6. The van der Waals surface area contributed by atoms with Crippen LogP contribution in [-0.4, -0.2) is 0 Å². The van der Waals surface area contributed by atoms with Crippen molar-refractivity contribution in [1.82, 2.24) is 12.3 Å². The summed E-state index contributed by atoms with van der Waals surface area (Å²) in [5.41, 5.74) is 5.04. The molecule has 3 aromatic carbocycles. The molecule has 0 heterocycles. The lowest BCUT2D eigenvalue weighted by Crippen LogP contribution is -1.79. The van der Waals surface area contributed by atoms with Crippen LogP contribution in [0.5, 0.6) is 0 Å². The summed E-state index contributed by atoms with van der Waals surface area (Å²) in [7, 11) is 0. The summed E-state index contributed by atoms with van der Waals surface area (Å²) in [4.78, 5) is 0. The highest BCUT2D eigenvalue weighted by atomic mass is 14.0. The number of benzene rings is 3. The number of hydrogen-bond donors (Lipinski definition) is 2. The molecule has 2 heteroatoms. The predicted octanol–water partition coefficient (Wildman–Crippen LogP) is 5.34. The van der Waals surface area contributed by atoms with Crippen LogP contribution in [0.25, 0.3) is 22.3 Å². The standard InChI is InChI=1S/C18H14.2H3N/c1-3-7-15(8-4-1)17-11-13-18(14-12-17)16-9-5-2-6-10-16;;/h1-14H;2*1H3. The van der Waals surface area contributed by atoms with Gasteiger partial charge in [-0.25, -0.2) is 0 Å². The largest absolute Gasteiger partial charge is 0.344 e. The van der Waals surface area contributed by atoms with Gasteiger partial charge in [0.05, 0.1) is 0 Å². The van der Waals surface area contributed by atoms with Crippen molar-refractivity contribution < 1.29 is 0 Å². The number of rotatable bonds is 2. The van der Waals surface area contributed by atoms with Gasteiger partial charge in [-0.1, -0.05) is 84.9 Å². The van der Waals surface area contributed by atoms with Crippen molar-refractivity contribution in [2.75, 3.05) is 0 Å². The van der Waals surface area contributed by atoms with Crippen molar-refractivity contribution in [3.63, 3.8) is 0 Å². The third-order valence-corrected chi connectivity index (χ3v) is 3.10. The Morgan fingerprint density at radius 1 is 0.300 bits per heavy atom. The molecule has 0 radical (unpaired) electrons. The van der Waals surface area contributed by atoms with Crippen molar-refractivity contribution in [2.45, 2.75) is 0 Å².